The molecule has 0 bridgehead atoms. The Balaban J connectivity index is 1.78. The Bertz CT molecular complexity index is 904. The van der Waals surface area contributed by atoms with Gasteiger partial charge in [0.2, 0.25) is 0 Å². The third-order valence-corrected chi connectivity index (χ3v) is 4.29. The second-order valence-corrected chi connectivity index (χ2v) is 5.99. The monoisotopic (exact) mass is 352 g/mol. The lowest BCUT2D eigenvalue weighted by atomic mass is 10.0. The van der Waals surface area contributed by atoms with Crippen molar-refractivity contribution in [2.45, 2.75) is 18.6 Å². The topological polar surface area (TPSA) is 91.4 Å². The van der Waals surface area contributed by atoms with Crippen molar-refractivity contribution in [3.63, 3.8) is 0 Å². The van der Waals surface area contributed by atoms with Gasteiger partial charge in [-0.1, -0.05) is 48.5 Å². The van der Waals surface area contributed by atoms with Crippen molar-refractivity contribution < 1.29 is 19.4 Å². The lowest BCUT2D eigenvalue weighted by Crippen LogP contribution is -2.44. The summed E-state index contributed by atoms with van der Waals surface area (Å²) >= 11 is 0. The van der Waals surface area contributed by atoms with E-state index in [0.717, 1.165) is 16.5 Å². The fraction of sp³-hybridized carbons (Fsp3) is 0.200. The summed E-state index contributed by atoms with van der Waals surface area (Å²) < 4.78 is 5.27. The van der Waals surface area contributed by atoms with Crippen molar-refractivity contribution in [3.05, 3.63) is 71.9 Å². The number of hydrogen-bond donors (Lipinski definition) is 3. The van der Waals surface area contributed by atoms with Crippen molar-refractivity contribution in [3.8, 4) is 0 Å². The summed E-state index contributed by atoms with van der Waals surface area (Å²) in [7, 11) is 1.42. The van der Waals surface area contributed by atoms with Crippen molar-refractivity contribution >= 4 is 22.8 Å². The van der Waals surface area contributed by atoms with E-state index in [2.05, 4.69) is 10.3 Å². The number of carboxylic acid groups (broad SMARTS) is 1. The predicted octanol–water partition coefficient (Wildman–Crippen LogP) is 2.67. The highest BCUT2D eigenvalue weighted by Gasteiger charge is 2.27. The van der Waals surface area contributed by atoms with Gasteiger partial charge in [0.1, 0.15) is 6.04 Å². The molecule has 0 saturated heterocycles. The van der Waals surface area contributed by atoms with Crippen LogP contribution in [0.5, 0.6) is 0 Å². The third kappa shape index (κ3) is 3.75. The first-order valence-electron chi connectivity index (χ1n) is 8.26. The lowest BCUT2D eigenvalue weighted by molar-refractivity contribution is -0.144. The quantitative estimate of drug-likeness (QED) is 0.610. The van der Waals surface area contributed by atoms with E-state index < -0.39 is 24.0 Å². The second kappa shape index (κ2) is 7.84. The standard InChI is InChI=1S/C20H20N2O4/c1-26-18(13-7-3-2-4-8-13)19(23)22-17(20(24)25)11-14-12-21-16-10-6-5-9-15(14)16/h2-10,12,17-18,21H,11H2,1H3,(H,22,23)(H,24,25)/t17-,18+/m0/s1. The molecular formula is C20H20N2O4. The van der Waals surface area contributed by atoms with E-state index in [4.69, 9.17) is 4.74 Å². The number of aromatic amines is 1. The van der Waals surface area contributed by atoms with Crippen LogP contribution in [0.2, 0.25) is 0 Å². The van der Waals surface area contributed by atoms with Gasteiger partial charge in [-0.05, 0) is 17.2 Å². The summed E-state index contributed by atoms with van der Waals surface area (Å²) in [4.78, 5) is 27.4. The van der Waals surface area contributed by atoms with Crippen LogP contribution in [-0.2, 0) is 20.7 Å². The van der Waals surface area contributed by atoms with Gasteiger partial charge in [-0.2, -0.15) is 0 Å². The van der Waals surface area contributed by atoms with Crippen molar-refractivity contribution in [1.29, 1.82) is 0 Å². The molecule has 6 heteroatoms. The van der Waals surface area contributed by atoms with Crippen LogP contribution in [0.15, 0.2) is 60.8 Å². The molecule has 0 saturated carbocycles. The molecule has 1 aromatic heterocycles. The summed E-state index contributed by atoms with van der Waals surface area (Å²) in [6, 6.07) is 15.6. The number of carbonyl (C=O) groups excluding carboxylic acids is 1. The number of fused-ring (bicyclic) bond motifs is 1. The molecule has 134 valence electrons. The Morgan fingerprint density at radius 3 is 2.50 bits per heavy atom. The second-order valence-electron chi connectivity index (χ2n) is 5.99. The number of para-hydroxylation sites is 1. The number of aromatic nitrogens is 1. The van der Waals surface area contributed by atoms with Gasteiger partial charge in [-0.3, -0.25) is 4.79 Å². The zero-order valence-electron chi connectivity index (χ0n) is 14.3. The summed E-state index contributed by atoms with van der Waals surface area (Å²) in [5.74, 6) is -1.57. The summed E-state index contributed by atoms with van der Waals surface area (Å²) in [6.45, 7) is 0. The number of aliphatic carboxylic acids is 1. The molecular weight excluding hydrogens is 332 g/mol. The maximum absolute atomic E-state index is 12.6. The van der Waals surface area contributed by atoms with Crippen molar-refractivity contribution in [2.75, 3.05) is 7.11 Å². The van der Waals surface area contributed by atoms with Gasteiger partial charge < -0.3 is 20.1 Å². The van der Waals surface area contributed by atoms with Gasteiger partial charge in [-0.25, -0.2) is 4.79 Å². The van der Waals surface area contributed by atoms with E-state index >= 15 is 0 Å². The van der Waals surface area contributed by atoms with Crippen LogP contribution in [-0.4, -0.2) is 35.1 Å². The summed E-state index contributed by atoms with van der Waals surface area (Å²) in [5.41, 5.74) is 2.43. The molecule has 0 unspecified atom stereocenters. The zero-order valence-corrected chi connectivity index (χ0v) is 14.3. The molecule has 1 amide bonds. The molecule has 3 rings (SSSR count). The zero-order chi connectivity index (χ0) is 18.5. The number of benzene rings is 2. The molecule has 0 radical (unpaired) electrons. The van der Waals surface area contributed by atoms with Crippen LogP contribution >= 0.6 is 0 Å². The van der Waals surface area contributed by atoms with Crippen LogP contribution in [0.1, 0.15) is 17.2 Å². The van der Waals surface area contributed by atoms with Gasteiger partial charge in [0.05, 0.1) is 0 Å². The highest BCUT2D eigenvalue weighted by molar-refractivity contribution is 5.88. The molecule has 0 aliphatic carbocycles. The first-order valence-corrected chi connectivity index (χ1v) is 8.26. The van der Waals surface area contributed by atoms with Gasteiger partial charge in [0.15, 0.2) is 6.10 Å². The number of rotatable bonds is 7. The fourth-order valence-corrected chi connectivity index (χ4v) is 2.99. The normalized spacial score (nSPS) is 13.3. The number of carboxylic acids is 1. The molecule has 0 aliphatic rings. The minimum Gasteiger partial charge on any atom is -0.480 e. The largest absolute Gasteiger partial charge is 0.480 e. The van der Waals surface area contributed by atoms with E-state index in [1.165, 1.54) is 7.11 Å². The van der Waals surface area contributed by atoms with Crippen LogP contribution in [0.4, 0.5) is 0 Å². The van der Waals surface area contributed by atoms with Crippen LogP contribution in [0.25, 0.3) is 10.9 Å². The van der Waals surface area contributed by atoms with Crippen LogP contribution in [0.3, 0.4) is 0 Å². The number of amides is 1. The molecule has 6 nitrogen and oxygen atoms in total. The Hall–Kier alpha value is -3.12. The summed E-state index contributed by atoms with van der Waals surface area (Å²) in [6.07, 6.45) is 1.09. The minimum atomic E-state index is -1.09. The average molecular weight is 352 g/mol. The number of carbonyl (C=O) groups is 2. The van der Waals surface area contributed by atoms with E-state index in [1.54, 1.807) is 30.5 Å². The molecule has 0 spiro atoms. The number of H-pyrrole nitrogens is 1. The van der Waals surface area contributed by atoms with E-state index in [1.807, 2.05) is 30.3 Å². The molecule has 3 aromatic rings. The molecule has 3 N–H and O–H groups in total. The van der Waals surface area contributed by atoms with Crippen molar-refractivity contribution in [1.82, 2.24) is 10.3 Å². The van der Waals surface area contributed by atoms with Gasteiger partial charge in [-0.15, -0.1) is 0 Å². The SMILES string of the molecule is CO[C@@H](C(=O)N[C@@H](Cc1c[nH]c2ccccc12)C(=O)O)c1ccccc1. The minimum absolute atomic E-state index is 0.177. The van der Waals surface area contributed by atoms with Gasteiger partial charge in [0.25, 0.3) is 5.91 Å². The maximum atomic E-state index is 12.6. The highest BCUT2D eigenvalue weighted by atomic mass is 16.5. The fourth-order valence-electron chi connectivity index (χ4n) is 2.99. The first kappa shape index (κ1) is 17.7. The Labute approximate surface area is 150 Å². The van der Waals surface area contributed by atoms with Gasteiger partial charge >= 0.3 is 5.97 Å². The first-order chi connectivity index (χ1) is 12.6. The third-order valence-electron chi connectivity index (χ3n) is 4.29. The van der Waals surface area contributed by atoms with Crippen LogP contribution < -0.4 is 5.32 Å². The van der Waals surface area contributed by atoms with Crippen molar-refractivity contribution in [2.24, 2.45) is 0 Å². The van der Waals surface area contributed by atoms with E-state index in [0.29, 0.717) is 5.56 Å². The molecule has 2 atom stereocenters. The number of hydrogen-bond acceptors (Lipinski definition) is 3. The number of ether oxygens (including phenoxy) is 1. The Kier molecular flexibility index (Phi) is 5.34. The maximum Gasteiger partial charge on any atom is 0.326 e. The molecule has 26 heavy (non-hydrogen) atoms. The molecule has 0 fully saturated rings. The number of methoxy groups -OCH3 is 1. The number of nitrogens with one attached hydrogen (secondary N) is 2. The molecule has 1 heterocycles. The lowest BCUT2D eigenvalue weighted by Gasteiger charge is -2.19. The molecule has 0 aliphatic heterocycles. The van der Waals surface area contributed by atoms with E-state index in [9.17, 15) is 14.7 Å². The smallest absolute Gasteiger partial charge is 0.326 e. The van der Waals surface area contributed by atoms with Gasteiger partial charge in [0, 0.05) is 30.6 Å². The Morgan fingerprint density at radius 1 is 1.12 bits per heavy atom. The summed E-state index contributed by atoms with van der Waals surface area (Å²) in [5, 5.41) is 13.1. The average Bonchev–Trinajstić information content (AvgIpc) is 3.06. The predicted molar refractivity (Wildman–Crippen MR) is 97.8 cm³/mol. The molecule has 2 aromatic carbocycles. The highest BCUT2D eigenvalue weighted by Crippen LogP contribution is 2.20. The van der Waals surface area contributed by atoms with E-state index in [-0.39, 0.29) is 6.42 Å². The van der Waals surface area contributed by atoms with Crippen LogP contribution in [0, 0.1) is 0 Å². The Morgan fingerprint density at radius 2 is 1.81 bits per heavy atom.